The van der Waals surface area contributed by atoms with Gasteiger partial charge in [-0.2, -0.15) is 5.26 Å². The summed E-state index contributed by atoms with van der Waals surface area (Å²) in [5.41, 5.74) is 1.56. The van der Waals surface area contributed by atoms with E-state index in [4.69, 9.17) is 10.4 Å². The molecule has 0 aromatic heterocycles. The zero-order valence-electron chi connectivity index (χ0n) is 9.20. The van der Waals surface area contributed by atoms with Gasteiger partial charge in [0.25, 0.3) is 0 Å². The Labute approximate surface area is 104 Å². The molecule has 0 saturated carbocycles. The summed E-state index contributed by atoms with van der Waals surface area (Å²) in [5.74, 6) is 0. The molecular weight excluding hydrogens is 268 g/mol. The third-order valence-electron chi connectivity index (χ3n) is 2.15. The van der Waals surface area contributed by atoms with Crippen LogP contribution in [0, 0.1) is 11.3 Å². The van der Waals surface area contributed by atoms with Crippen LogP contribution in [0.2, 0.25) is 0 Å². The van der Waals surface area contributed by atoms with E-state index in [2.05, 4.69) is 27.3 Å². The molecule has 0 fully saturated rings. The topological polar surface area (TPSA) is 56.0 Å². The largest absolute Gasteiger partial charge is 0.393 e. The van der Waals surface area contributed by atoms with Gasteiger partial charge in [-0.25, -0.2) is 0 Å². The molecule has 1 aromatic rings. The first-order valence-electron chi connectivity index (χ1n) is 5.24. The van der Waals surface area contributed by atoms with E-state index in [1.807, 2.05) is 12.1 Å². The van der Waals surface area contributed by atoms with Crippen molar-refractivity contribution in [2.75, 3.05) is 11.9 Å². The van der Waals surface area contributed by atoms with Gasteiger partial charge in [0, 0.05) is 16.7 Å². The molecule has 0 spiro atoms. The lowest BCUT2D eigenvalue weighted by atomic mass is 10.2. The number of anilines is 1. The molecule has 1 rings (SSSR count). The molecule has 0 bridgehead atoms. The van der Waals surface area contributed by atoms with Crippen LogP contribution >= 0.6 is 15.9 Å². The number of hydrogen-bond acceptors (Lipinski definition) is 3. The standard InChI is InChI=1S/C12H15BrN2O/c1-9(16)3-2-4-15-12-6-10(8-14)5-11(13)7-12/h5-7,9,15-16H,2-4H2,1H3. The fourth-order valence-electron chi connectivity index (χ4n) is 1.39. The highest BCUT2D eigenvalue weighted by atomic mass is 79.9. The predicted octanol–water partition coefficient (Wildman–Crippen LogP) is 2.89. The Morgan fingerprint density at radius 2 is 2.25 bits per heavy atom. The highest BCUT2D eigenvalue weighted by Crippen LogP contribution is 2.19. The summed E-state index contributed by atoms with van der Waals surface area (Å²) >= 11 is 3.35. The molecule has 0 aliphatic carbocycles. The summed E-state index contributed by atoms with van der Waals surface area (Å²) < 4.78 is 0.893. The maximum absolute atomic E-state index is 9.10. The van der Waals surface area contributed by atoms with Gasteiger partial charge in [-0.15, -0.1) is 0 Å². The Morgan fingerprint density at radius 3 is 2.88 bits per heavy atom. The maximum Gasteiger partial charge on any atom is 0.0992 e. The first-order chi connectivity index (χ1) is 7.61. The average Bonchev–Trinajstić information content (AvgIpc) is 2.23. The SMILES string of the molecule is CC(O)CCCNc1cc(Br)cc(C#N)c1. The third-order valence-corrected chi connectivity index (χ3v) is 2.61. The summed E-state index contributed by atoms with van der Waals surface area (Å²) in [6.45, 7) is 2.58. The molecule has 1 atom stereocenters. The molecular formula is C12H15BrN2O. The van der Waals surface area contributed by atoms with Crippen LogP contribution in [-0.4, -0.2) is 17.8 Å². The second kappa shape index (κ2) is 6.51. The van der Waals surface area contributed by atoms with Crippen LogP contribution in [0.1, 0.15) is 25.3 Å². The van der Waals surface area contributed by atoms with Gasteiger partial charge in [0.2, 0.25) is 0 Å². The quantitative estimate of drug-likeness (QED) is 0.817. The summed E-state index contributed by atoms with van der Waals surface area (Å²) in [7, 11) is 0. The number of aliphatic hydroxyl groups is 1. The third kappa shape index (κ3) is 4.65. The number of hydrogen-bond donors (Lipinski definition) is 2. The van der Waals surface area contributed by atoms with Crippen molar-refractivity contribution >= 4 is 21.6 Å². The molecule has 4 heteroatoms. The number of nitrogens with zero attached hydrogens (tertiary/aromatic N) is 1. The van der Waals surface area contributed by atoms with Crippen molar-refractivity contribution in [2.24, 2.45) is 0 Å². The van der Waals surface area contributed by atoms with E-state index in [1.165, 1.54) is 0 Å². The highest BCUT2D eigenvalue weighted by Gasteiger charge is 1.99. The van der Waals surface area contributed by atoms with Gasteiger partial charge in [-0.05, 0) is 38.0 Å². The number of rotatable bonds is 5. The average molecular weight is 283 g/mol. The number of nitriles is 1. The Bertz CT molecular complexity index is 385. The Kier molecular flexibility index (Phi) is 5.30. The van der Waals surface area contributed by atoms with Gasteiger partial charge in [0.05, 0.1) is 17.7 Å². The fraction of sp³-hybridized carbons (Fsp3) is 0.417. The van der Waals surface area contributed by atoms with Gasteiger partial charge < -0.3 is 10.4 Å². The fourth-order valence-corrected chi connectivity index (χ4v) is 1.88. The van der Waals surface area contributed by atoms with Crippen LogP contribution in [0.3, 0.4) is 0 Å². The van der Waals surface area contributed by atoms with Gasteiger partial charge in [0.15, 0.2) is 0 Å². The number of halogens is 1. The number of nitrogens with one attached hydrogen (secondary N) is 1. The smallest absolute Gasteiger partial charge is 0.0992 e. The van der Waals surface area contributed by atoms with Crippen molar-refractivity contribution < 1.29 is 5.11 Å². The van der Waals surface area contributed by atoms with E-state index >= 15 is 0 Å². The van der Waals surface area contributed by atoms with Crippen LogP contribution < -0.4 is 5.32 Å². The summed E-state index contributed by atoms with van der Waals surface area (Å²) in [5, 5.41) is 21.1. The van der Waals surface area contributed by atoms with Crippen LogP contribution in [0.15, 0.2) is 22.7 Å². The van der Waals surface area contributed by atoms with E-state index in [-0.39, 0.29) is 6.10 Å². The minimum absolute atomic E-state index is 0.251. The predicted molar refractivity (Wildman–Crippen MR) is 68.3 cm³/mol. The van der Waals surface area contributed by atoms with Crippen molar-refractivity contribution in [3.63, 3.8) is 0 Å². The second-order valence-corrected chi connectivity index (χ2v) is 4.67. The normalized spacial score (nSPS) is 11.9. The molecule has 0 radical (unpaired) electrons. The molecule has 3 nitrogen and oxygen atoms in total. The molecule has 16 heavy (non-hydrogen) atoms. The zero-order chi connectivity index (χ0) is 12.0. The van der Waals surface area contributed by atoms with Crippen molar-refractivity contribution in [3.05, 3.63) is 28.2 Å². The molecule has 0 heterocycles. The van der Waals surface area contributed by atoms with E-state index in [9.17, 15) is 0 Å². The maximum atomic E-state index is 9.10. The molecule has 0 saturated heterocycles. The number of aliphatic hydroxyl groups excluding tert-OH is 1. The minimum atomic E-state index is -0.251. The van der Waals surface area contributed by atoms with E-state index in [0.717, 1.165) is 29.5 Å². The molecule has 86 valence electrons. The summed E-state index contributed by atoms with van der Waals surface area (Å²) in [4.78, 5) is 0. The molecule has 0 aliphatic rings. The minimum Gasteiger partial charge on any atom is -0.393 e. The Hall–Kier alpha value is -1.05. The first-order valence-corrected chi connectivity index (χ1v) is 6.03. The van der Waals surface area contributed by atoms with Crippen molar-refractivity contribution in [1.29, 1.82) is 5.26 Å². The zero-order valence-corrected chi connectivity index (χ0v) is 10.8. The van der Waals surface area contributed by atoms with E-state index < -0.39 is 0 Å². The monoisotopic (exact) mass is 282 g/mol. The van der Waals surface area contributed by atoms with Crippen LogP contribution in [0.5, 0.6) is 0 Å². The summed E-state index contributed by atoms with van der Waals surface area (Å²) in [6.07, 6.45) is 1.44. The molecule has 2 N–H and O–H groups in total. The van der Waals surface area contributed by atoms with Crippen LogP contribution in [-0.2, 0) is 0 Å². The summed E-state index contributed by atoms with van der Waals surface area (Å²) in [6, 6.07) is 7.63. The Morgan fingerprint density at radius 1 is 1.50 bits per heavy atom. The molecule has 0 aliphatic heterocycles. The van der Waals surface area contributed by atoms with Crippen molar-refractivity contribution in [2.45, 2.75) is 25.9 Å². The van der Waals surface area contributed by atoms with E-state index in [0.29, 0.717) is 5.56 Å². The number of benzene rings is 1. The lowest BCUT2D eigenvalue weighted by Crippen LogP contribution is -2.06. The molecule has 1 unspecified atom stereocenters. The van der Waals surface area contributed by atoms with Gasteiger partial charge >= 0.3 is 0 Å². The second-order valence-electron chi connectivity index (χ2n) is 3.76. The van der Waals surface area contributed by atoms with Crippen molar-refractivity contribution in [1.82, 2.24) is 0 Å². The first kappa shape index (κ1) is 13.0. The van der Waals surface area contributed by atoms with E-state index in [1.54, 1.807) is 13.0 Å². The lowest BCUT2D eigenvalue weighted by molar-refractivity contribution is 0.183. The molecule has 0 amide bonds. The van der Waals surface area contributed by atoms with Gasteiger partial charge in [-0.1, -0.05) is 15.9 Å². The van der Waals surface area contributed by atoms with Crippen LogP contribution in [0.25, 0.3) is 0 Å². The van der Waals surface area contributed by atoms with Gasteiger partial charge in [0.1, 0.15) is 0 Å². The lowest BCUT2D eigenvalue weighted by Gasteiger charge is -2.08. The van der Waals surface area contributed by atoms with Gasteiger partial charge in [-0.3, -0.25) is 0 Å². The van der Waals surface area contributed by atoms with Crippen molar-refractivity contribution in [3.8, 4) is 6.07 Å². The Balaban J connectivity index is 2.48. The molecule has 1 aromatic carbocycles. The van der Waals surface area contributed by atoms with Crippen LogP contribution in [0.4, 0.5) is 5.69 Å². The highest BCUT2D eigenvalue weighted by molar-refractivity contribution is 9.10.